The molecule has 0 saturated carbocycles. The molecule has 0 radical (unpaired) electrons. The van der Waals surface area contributed by atoms with Crippen LogP contribution in [0, 0.1) is 11.3 Å². The zero-order valence-electron chi connectivity index (χ0n) is 24.0. The third kappa shape index (κ3) is 8.01. The Bertz CT molecular complexity index is 1310. The summed E-state index contributed by atoms with van der Waals surface area (Å²) in [5, 5.41) is 0.849. The van der Waals surface area contributed by atoms with Crippen molar-refractivity contribution in [2.24, 2.45) is 22.8 Å². The summed E-state index contributed by atoms with van der Waals surface area (Å²) in [7, 11) is 0. The van der Waals surface area contributed by atoms with Crippen LogP contribution in [0.15, 0.2) is 45.7 Å². The number of rotatable bonds is 12. The molecule has 4 N–H and O–H groups in total. The molecule has 0 spiro atoms. The molecular formula is C30H40F3N3O3S. The molecule has 2 atom stereocenters. The second-order valence-corrected chi connectivity index (χ2v) is 12.6. The van der Waals surface area contributed by atoms with Gasteiger partial charge < -0.3 is 20.6 Å². The van der Waals surface area contributed by atoms with Crippen LogP contribution in [0.3, 0.4) is 0 Å². The third-order valence-corrected chi connectivity index (χ3v) is 8.17. The lowest BCUT2D eigenvalue weighted by Gasteiger charge is -2.34. The van der Waals surface area contributed by atoms with E-state index in [1.165, 1.54) is 0 Å². The van der Waals surface area contributed by atoms with E-state index in [-0.39, 0.29) is 5.75 Å². The van der Waals surface area contributed by atoms with Crippen molar-refractivity contribution in [1.82, 2.24) is 4.98 Å². The number of nitrogens with two attached hydrogens (primary N) is 2. The van der Waals surface area contributed by atoms with Gasteiger partial charge >= 0.3 is 12.1 Å². The van der Waals surface area contributed by atoms with Crippen molar-refractivity contribution in [1.29, 1.82) is 0 Å². The van der Waals surface area contributed by atoms with E-state index in [2.05, 4.69) is 6.92 Å². The molecule has 0 bridgehead atoms. The van der Waals surface area contributed by atoms with E-state index in [1.54, 1.807) is 39.8 Å². The molecule has 0 saturated heterocycles. The van der Waals surface area contributed by atoms with Gasteiger partial charge in [-0.15, -0.1) is 11.8 Å². The number of thioether (sulfide) groups is 1. The van der Waals surface area contributed by atoms with Gasteiger partial charge in [0.1, 0.15) is 18.0 Å². The first-order valence-corrected chi connectivity index (χ1v) is 14.5. The van der Waals surface area contributed by atoms with Gasteiger partial charge in [0.05, 0.1) is 17.0 Å². The van der Waals surface area contributed by atoms with Crippen LogP contribution in [-0.2, 0) is 22.4 Å². The summed E-state index contributed by atoms with van der Waals surface area (Å²) in [5.74, 6) is -2.28. The lowest BCUT2D eigenvalue weighted by Crippen LogP contribution is -2.50. The zero-order valence-corrected chi connectivity index (χ0v) is 24.8. The van der Waals surface area contributed by atoms with E-state index >= 15 is 0 Å². The summed E-state index contributed by atoms with van der Waals surface area (Å²) in [4.78, 5) is 18.0. The Morgan fingerprint density at radius 1 is 1.07 bits per heavy atom. The molecule has 6 nitrogen and oxygen atoms in total. The molecule has 0 aliphatic carbocycles. The average Bonchev–Trinajstić information content (AvgIpc) is 3.29. The Morgan fingerprint density at radius 3 is 2.38 bits per heavy atom. The summed E-state index contributed by atoms with van der Waals surface area (Å²) >= 11 is 1.04. The van der Waals surface area contributed by atoms with E-state index in [4.69, 9.17) is 25.6 Å². The minimum absolute atomic E-state index is 0.310. The molecule has 220 valence electrons. The largest absolute Gasteiger partial charge is 0.465 e. The third-order valence-electron chi connectivity index (χ3n) is 7.01. The monoisotopic (exact) mass is 579 g/mol. The van der Waals surface area contributed by atoms with Gasteiger partial charge in [-0.1, -0.05) is 13.8 Å². The predicted octanol–water partition coefficient (Wildman–Crippen LogP) is 6.91. The fourth-order valence-electron chi connectivity index (χ4n) is 4.24. The van der Waals surface area contributed by atoms with E-state index in [9.17, 15) is 18.0 Å². The minimum Gasteiger partial charge on any atom is -0.465 e. The second kappa shape index (κ2) is 12.5. The van der Waals surface area contributed by atoms with Crippen LogP contribution >= 0.6 is 11.8 Å². The first-order valence-electron chi connectivity index (χ1n) is 13.5. The number of aromatic nitrogens is 1. The number of alkyl halides is 3. The molecule has 0 fully saturated rings. The summed E-state index contributed by atoms with van der Waals surface area (Å²) < 4.78 is 52.8. The molecule has 40 heavy (non-hydrogen) atoms. The first kappa shape index (κ1) is 32.0. The number of esters is 1. The molecule has 1 aromatic carbocycles. The van der Waals surface area contributed by atoms with Crippen molar-refractivity contribution in [2.75, 3.05) is 12.4 Å². The maximum Gasteiger partial charge on any atom is 0.395 e. The first-order chi connectivity index (χ1) is 18.5. The molecule has 0 aliphatic heterocycles. The molecule has 0 aliphatic rings. The van der Waals surface area contributed by atoms with E-state index < -0.39 is 41.7 Å². The number of halogens is 3. The zero-order chi connectivity index (χ0) is 29.9. The lowest BCUT2D eigenvalue weighted by molar-refractivity contribution is -0.188. The Labute approximate surface area is 238 Å². The number of carbonyl (C=O) groups excluding carboxylic acids is 1. The van der Waals surface area contributed by atoms with Crippen LogP contribution in [-0.4, -0.2) is 41.1 Å². The van der Waals surface area contributed by atoms with Crippen LogP contribution in [0.1, 0.15) is 59.4 Å². The molecular weight excluding hydrogens is 539 g/mol. The standard InChI is InChI=1S/C30H40F3N3O3S/c1-7-20-10-12-22(23(8-2)36-20)25-13-18-9-11-21(14-24(18)39-25)40-17-19(30(31,32)33)16-38-27(37)29(5,6)26(34)15-28(3,4)35/h9-14,19,26H,7-8,15-17,34-35H2,1-6H3. The van der Waals surface area contributed by atoms with Gasteiger partial charge in [0.15, 0.2) is 0 Å². The smallest absolute Gasteiger partial charge is 0.395 e. The average molecular weight is 580 g/mol. The SMILES string of the molecule is CCc1ccc(-c2cc3ccc(SCC(COC(=O)C(C)(C)C(N)CC(C)(C)N)C(F)(F)F)cc3o2)c(CC)n1. The van der Waals surface area contributed by atoms with Crippen molar-refractivity contribution in [3.63, 3.8) is 0 Å². The van der Waals surface area contributed by atoms with Gasteiger partial charge in [0.2, 0.25) is 0 Å². The van der Waals surface area contributed by atoms with E-state index in [0.717, 1.165) is 46.9 Å². The van der Waals surface area contributed by atoms with Crippen LogP contribution in [0.25, 0.3) is 22.3 Å². The van der Waals surface area contributed by atoms with Gasteiger partial charge in [-0.05, 0) is 83.4 Å². The second-order valence-electron chi connectivity index (χ2n) is 11.5. The number of carbonyl (C=O) groups is 1. The number of hydrogen-bond acceptors (Lipinski definition) is 7. The lowest BCUT2D eigenvalue weighted by atomic mass is 9.79. The summed E-state index contributed by atoms with van der Waals surface area (Å²) in [6.07, 6.45) is -2.65. The predicted molar refractivity (Wildman–Crippen MR) is 154 cm³/mol. The highest BCUT2D eigenvalue weighted by atomic mass is 32.2. The fourth-order valence-corrected chi connectivity index (χ4v) is 5.27. The van der Waals surface area contributed by atoms with Crippen molar-refractivity contribution < 1.29 is 27.1 Å². The highest BCUT2D eigenvalue weighted by Crippen LogP contribution is 2.36. The van der Waals surface area contributed by atoms with Gasteiger partial charge in [-0.3, -0.25) is 9.78 Å². The maximum atomic E-state index is 13.8. The van der Waals surface area contributed by atoms with Crippen LogP contribution in [0.5, 0.6) is 0 Å². The summed E-state index contributed by atoms with van der Waals surface area (Å²) in [6.45, 7) is 9.97. The molecule has 2 unspecified atom stereocenters. The maximum absolute atomic E-state index is 13.8. The summed E-state index contributed by atoms with van der Waals surface area (Å²) in [5.41, 5.74) is 13.8. The number of hydrogen-bond donors (Lipinski definition) is 2. The Kier molecular flexibility index (Phi) is 10.0. The van der Waals surface area contributed by atoms with Gasteiger partial charge in [-0.25, -0.2) is 0 Å². The number of furan rings is 1. The molecule has 3 aromatic rings. The highest BCUT2D eigenvalue weighted by molar-refractivity contribution is 7.99. The van der Waals surface area contributed by atoms with Gasteiger partial charge in [0, 0.05) is 38.9 Å². The topological polar surface area (TPSA) is 104 Å². The highest BCUT2D eigenvalue weighted by Gasteiger charge is 2.43. The molecule has 3 rings (SSSR count). The number of ether oxygens (including phenoxy) is 1. The van der Waals surface area contributed by atoms with Gasteiger partial charge in [-0.2, -0.15) is 13.2 Å². The van der Waals surface area contributed by atoms with Crippen LogP contribution in [0.2, 0.25) is 0 Å². The van der Waals surface area contributed by atoms with Crippen molar-refractivity contribution in [3.05, 3.63) is 47.8 Å². The summed E-state index contributed by atoms with van der Waals surface area (Å²) in [6, 6.07) is 10.6. The van der Waals surface area contributed by atoms with E-state index in [0.29, 0.717) is 22.7 Å². The fraction of sp³-hybridized carbons (Fsp3) is 0.533. The molecule has 0 amide bonds. The molecule has 10 heteroatoms. The normalized spacial score (nSPS) is 14.4. The number of aryl methyl sites for hydroxylation is 2. The number of nitrogens with zero attached hydrogens (tertiary/aromatic N) is 1. The van der Waals surface area contributed by atoms with Crippen molar-refractivity contribution in [3.8, 4) is 11.3 Å². The quantitative estimate of drug-likeness (QED) is 0.177. The molecule has 2 heterocycles. The Hall–Kier alpha value is -2.56. The Balaban J connectivity index is 1.70. The molecule has 2 aromatic heterocycles. The Morgan fingerprint density at radius 2 is 1.77 bits per heavy atom. The van der Waals surface area contributed by atoms with Crippen molar-refractivity contribution in [2.45, 2.75) is 83.5 Å². The minimum atomic E-state index is -4.55. The van der Waals surface area contributed by atoms with E-state index in [1.807, 2.05) is 31.2 Å². The number of benzene rings is 1. The number of pyridine rings is 1. The van der Waals surface area contributed by atoms with Gasteiger partial charge in [0.25, 0.3) is 0 Å². The van der Waals surface area contributed by atoms with Crippen LogP contribution in [0.4, 0.5) is 13.2 Å². The number of fused-ring (bicyclic) bond motifs is 1. The van der Waals surface area contributed by atoms with Crippen molar-refractivity contribution >= 4 is 28.7 Å². The van der Waals surface area contributed by atoms with Crippen LogP contribution < -0.4 is 11.5 Å².